The van der Waals surface area contributed by atoms with Gasteiger partial charge >= 0.3 is 0 Å². The Hall–Kier alpha value is -2.27. The second kappa shape index (κ2) is 5.79. The Bertz CT molecular complexity index is 665. The third-order valence-corrected chi connectivity index (χ3v) is 3.18. The summed E-state index contributed by atoms with van der Waals surface area (Å²) >= 11 is 4.94. The van der Waals surface area contributed by atoms with Gasteiger partial charge in [-0.15, -0.1) is 0 Å². The standard InChI is InChI=1S/C15H15N3OS/c1-9-3-5-11(14(16)20)7-13(9)18-15(19)12-6-4-10(2)17-8-12/h3-8H,1-2H3,(H2,16,20)(H,18,19). The van der Waals surface area contributed by atoms with Gasteiger partial charge in [-0.3, -0.25) is 9.78 Å². The summed E-state index contributed by atoms with van der Waals surface area (Å²) in [6.07, 6.45) is 1.55. The van der Waals surface area contributed by atoms with E-state index in [4.69, 9.17) is 18.0 Å². The minimum Gasteiger partial charge on any atom is -0.389 e. The van der Waals surface area contributed by atoms with E-state index in [1.54, 1.807) is 24.4 Å². The number of anilines is 1. The molecule has 1 aromatic heterocycles. The number of aryl methyl sites for hydroxylation is 2. The fourth-order valence-corrected chi connectivity index (χ4v) is 1.83. The first-order valence-electron chi connectivity index (χ1n) is 6.12. The van der Waals surface area contributed by atoms with Crippen molar-refractivity contribution in [1.29, 1.82) is 0 Å². The predicted octanol–water partition coefficient (Wildman–Crippen LogP) is 2.58. The van der Waals surface area contributed by atoms with Crippen LogP contribution in [0.3, 0.4) is 0 Å². The maximum atomic E-state index is 12.1. The maximum Gasteiger partial charge on any atom is 0.257 e. The van der Waals surface area contributed by atoms with Gasteiger partial charge in [-0.2, -0.15) is 0 Å². The highest BCUT2D eigenvalue weighted by atomic mass is 32.1. The van der Waals surface area contributed by atoms with Gasteiger partial charge in [0, 0.05) is 23.1 Å². The molecule has 1 aromatic carbocycles. The van der Waals surface area contributed by atoms with Crippen molar-refractivity contribution in [2.24, 2.45) is 5.73 Å². The average Bonchev–Trinajstić information content (AvgIpc) is 2.41. The monoisotopic (exact) mass is 285 g/mol. The van der Waals surface area contributed by atoms with E-state index in [1.165, 1.54) is 0 Å². The molecule has 3 N–H and O–H groups in total. The summed E-state index contributed by atoms with van der Waals surface area (Å²) in [5, 5.41) is 2.85. The molecule has 1 amide bonds. The molecule has 0 aliphatic rings. The van der Waals surface area contributed by atoms with Gasteiger partial charge in [0.15, 0.2) is 0 Å². The number of pyridine rings is 1. The number of amides is 1. The molecule has 0 saturated heterocycles. The maximum absolute atomic E-state index is 12.1. The quantitative estimate of drug-likeness (QED) is 0.851. The third-order valence-electron chi connectivity index (χ3n) is 2.94. The minimum absolute atomic E-state index is 0.208. The van der Waals surface area contributed by atoms with E-state index in [-0.39, 0.29) is 5.91 Å². The average molecular weight is 285 g/mol. The number of thiocarbonyl (C=S) groups is 1. The Kier molecular flexibility index (Phi) is 4.10. The topological polar surface area (TPSA) is 68.0 Å². The molecule has 0 aliphatic heterocycles. The zero-order valence-corrected chi connectivity index (χ0v) is 12.1. The van der Waals surface area contributed by atoms with Gasteiger partial charge in [0.1, 0.15) is 4.99 Å². The first-order valence-corrected chi connectivity index (χ1v) is 6.52. The minimum atomic E-state index is -0.208. The van der Waals surface area contributed by atoms with Crippen LogP contribution >= 0.6 is 12.2 Å². The van der Waals surface area contributed by atoms with Gasteiger partial charge in [-0.25, -0.2) is 0 Å². The van der Waals surface area contributed by atoms with E-state index in [9.17, 15) is 4.79 Å². The SMILES string of the molecule is Cc1ccc(C(=O)Nc2cc(C(N)=S)ccc2C)cn1. The lowest BCUT2D eigenvalue weighted by molar-refractivity contribution is 0.102. The molecule has 2 rings (SSSR count). The van der Waals surface area contributed by atoms with Crippen molar-refractivity contribution in [1.82, 2.24) is 4.98 Å². The zero-order valence-electron chi connectivity index (χ0n) is 11.3. The Morgan fingerprint density at radius 3 is 2.50 bits per heavy atom. The van der Waals surface area contributed by atoms with Crippen molar-refractivity contribution < 1.29 is 4.79 Å². The lowest BCUT2D eigenvalue weighted by Gasteiger charge is -2.10. The molecular weight excluding hydrogens is 270 g/mol. The molecule has 0 atom stereocenters. The van der Waals surface area contributed by atoms with Crippen LogP contribution in [0.15, 0.2) is 36.5 Å². The van der Waals surface area contributed by atoms with Crippen molar-refractivity contribution in [3.63, 3.8) is 0 Å². The van der Waals surface area contributed by atoms with Crippen molar-refractivity contribution in [3.05, 3.63) is 58.9 Å². The number of nitrogens with one attached hydrogen (secondary N) is 1. The van der Waals surface area contributed by atoms with Gasteiger partial charge < -0.3 is 11.1 Å². The van der Waals surface area contributed by atoms with Crippen LogP contribution in [0.2, 0.25) is 0 Å². The van der Waals surface area contributed by atoms with Crippen LogP contribution in [0.5, 0.6) is 0 Å². The smallest absolute Gasteiger partial charge is 0.257 e. The van der Waals surface area contributed by atoms with E-state index < -0.39 is 0 Å². The summed E-state index contributed by atoms with van der Waals surface area (Å²) in [4.78, 5) is 16.6. The zero-order chi connectivity index (χ0) is 14.7. The third kappa shape index (κ3) is 3.19. The predicted molar refractivity (Wildman–Crippen MR) is 84.0 cm³/mol. The number of benzene rings is 1. The molecule has 0 bridgehead atoms. The highest BCUT2D eigenvalue weighted by Crippen LogP contribution is 2.18. The molecule has 102 valence electrons. The molecule has 0 unspecified atom stereocenters. The van der Waals surface area contributed by atoms with E-state index in [2.05, 4.69) is 10.3 Å². The molecule has 5 heteroatoms. The lowest BCUT2D eigenvalue weighted by atomic mass is 10.1. The summed E-state index contributed by atoms with van der Waals surface area (Å²) in [7, 11) is 0. The van der Waals surface area contributed by atoms with Crippen molar-refractivity contribution in [2.45, 2.75) is 13.8 Å². The van der Waals surface area contributed by atoms with E-state index >= 15 is 0 Å². The Morgan fingerprint density at radius 2 is 1.90 bits per heavy atom. The van der Waals surface area contributed by atoms with Crippen LogP contribution in [0, 0.1) is 13.8 Å². The van der Waals surface area contributed by atoms with Gasteiger partial charge in [0.2, 0.25) is 0 Å². The summed E-state index contributed by atoms with van der Waals surface area (Å²) in [6.45, 7) is 3.78. The number of hydrogen-bond donors (Lipinski definition) is 2. The van der Waals surface area contributed by atoms with Gasteiger partial charge in [0.25, 0.3) is 5.91 Å². The summed E-state index contributed by atoms with van der Waals surface area (Å²) in [6, 6.07) is 9.02. The van der Waals surface area contributed by atoms with E-state index in [0.29, 0.717) is 16.2 Å². The van der Waals surface area contributed by atoms with Crippen molar-refractivity contribution >= 4 is 28.8 Å². The molecular formula is C15H15N3OS. The second-order valence-corrected chi connectivity index (χ2v) is 4.98. The Balaban J connectivity index is 2.25. The molecule has 2 aromatic rings. The van der Waals surface area contributed by atoms with Gasteiger partial charge in [-0.1, -0.05) is 24.4 Å². The summed E-state index contributed by atoms with van der Waals surface area (Å²) < 4.78 is 0. The normalized spacial score (nSPS) is 10.1. The van der Waals surface area contributed by atoms with Crippen LogP contribution in [-0.2, 0) is 0 Å². The molecule has 0 spiro atoms. The molecule has 0 aliphatic carbocycles. The van der Waals surface area contributed by atoms with Crippen LogP contribution < -0.4 is 11.1 Å². The highest BCUT2D eigenvalue weighted by Gasteiger charge is 2.09. The van der Waals surface area contributed by atoms with Crippen LogP contribution in [0.1, 0.15) is 27.2 Å². The Labute approximate surface area is 123 Å². The fourth-order valence-electron chi connectivity index (χ4n) is 1.71. The van der Waals surface area contributed by atoms with Crippen molar-refractivity contribution in [2.75, 3.05) is 5.32 Å². The highest BCUT2D eigenvalue weighted by molar-refractivity contribution is 7.80. The van der Waals surface area contributed by atoms with Crippen LogP contribution in [0.25, 0.3) is 0 Å². The summed E-state index contributed by atoms with van der Waals surface area (Å²) in [5.74, 6) is -0.208. The molecule has 4 nitrogen and oxygen atoms in total. The van der Waals surface area contributed by atoms with Gasteiger partial charge in [-0.05, 0) is 37.6 Å². The molecule has 0 fully saturated rings. The number of aromatic nitrogens is 1. The molecule has 0 radical (unpaired) electrons. The molecule has 0 saturated carbocycles. The number of nitrogens with zero attached hydrogens (tertiary/aromatic N) is 1. The van der Waals surface area contributed by atoms with E-state index in [1.807, 2.05) is 26.0 Å². The van der Waals surface area contributed by atoms with Crippen LogP contribution in [0.4, 0.5) is 5.69 Å². The van der Waals surface area contributed by atoms with E-state index in [0.717, 1.165) is 16.8 Å². The second-order valence-electron chi connectivity index (χ2n) is 4.54. The molecule has 1 heterocycles. The largest absolute Gasteiger partial charge is 0.389 e. The lowest BCUT2D eigenvalue weighted by Crippen LogP contribution is -2.15. The number of nitrogens with two attached hydrogens (primary N) is 1. The van der Waals surface area contributed by atoms with Crippen LogP contribution in [-0.4, -0.2) is 15.9 Å². The number of rotatable bonds is 3. The first kappa shape index (κ1) is 14.1. The Morgan fingerprint density at radius 1 is 1.20 bits per heavy atom. The van der Waals surface area contributed by atoms with Gasteiger partial charge in [0.05, 0.1) is 5.56 Å². The van der Waals surface area contributed by atoms with Crippen molar-refractivity contribution in [3.8, 4) is 0 Å². The summed E-state index contributed by atoms with van der Waals surface area (Å²) in [5.41, 5.74) is 9.34. The molecule has 20 heavy (non-hydrogen) atoms. The number of carbonyl (C=O) groups is 1. The first-order chi connectivity index (χ1) is 9.47. The number of carbonyl (C=O) groups excluding carboxylic acids is 1. The number of hydrogen-bond acceptors (Lipinski definition) is 3. The fraction of sp³-hybridized carbons (Fsp3) is 0.133.